The maximum Gasteiger partial charge on any atom is 0.320 e. The number of rotatable bonds is 6. The van der Waals surface area contributed by atoms with Crippen LogP contribution in [0.25, 0.3) is 0 Å². The lowest BCUT2D eigenvalue weighted by Crippen LogP contribution is -2.83. The van der Waals surface area contributed by atoms with E-state index in [2.05, 4.69) is 4.74 Å². The third kappa shape index (κ3) is 3.49. The lowest BCUT2D eigenvalue weighted by atomic mass is 9.93. The fourth-order valence-electron chi connectivity index (χ4n) is 0.505. The molecule has 0 atom stereocenters. The Labute approximate surface area is 75.5 Å². The highest BCUT2D eigenvalue weighted by atomic mass is 16.5. The van der Waals surface area contributed by atoms with E-state index in [9.17, 15) is 9.59 Å². The van der Waals surface area contributed by atoms with Gasteiger partial charge in [0.25, 0.3) is 0 Å². The van der Waals surface area contributed by atoms with E-state index < -0.39 is 24.6 Å². The molecule has 0 aromatic rings. The van der Waals surface area contributed by atoms with E-state index in [1.807, 2.05) is 0 Å². The van der Waals surface area contributed by atoms with Gasteiger partial charge in [-0.15, -0.1) is 0 Å². The van der Waals surface area contributed by atoms with Gasteiger partial charge >= 0.3 is 5.97 Å². The minimum atomic E-state index is -1.31. The highest BCUT2D eigenvalue weighted by Gasteiger charge is 2.33. The van der Waals surface area contributed by atoms with Crippen LogP contribution in [0.15, 0.2) is 0 Å². The number of nitrogens with two attached hydrogens (primary N) is 1. The molecule has 0 aromatic carbocycles. The second-order valence-corrected chi connectivity index (χ2v) is 2.80. The Morgan fingerprint density at radius 3 is 2.46 bits per heavy atom. The largest absolute Gasteiger partial charge is 0.475 e. The lowest BCUT2D eigenvalue weighted by molar-refractivity contribution is -0.573. The van der Waals surface area contributed by atoms with Gasteiger partial charge in [0.1, 0.15) is 5.41 Å². The van der Waals surface area contributed by atoms with Gasteiger partial charge in [0, 0.05) is 0 Å². The molecule has 0 rings (SSSR count). The molecular formula is C7H13NO5. The Hall–Kier alpha value is -0.980. The maximum absolute atomic E-state index is 11.1. The number of hydrogen-bond donors (Lipinski definition) is 3. The van der Waals surface area contributed by atoms with Crippen LogP contribution in [0.2, 0.25) is 0 Å². The van der Waals surface area contributed by atoms with E-state index in [0.717, 1.165) is 5.32 Å². The molecule has 0 spiro atoms. The van der Waals surface area contributed by atoms with Crippen LogP contribution < -0.4 is 5.32 Å². The number of carbonyl (C=O) groups excluding carboxylic acids is 2. The van der Waals surface area contributed by atoms with Gasteiger partial charge in [0.05, 0.1) is 13.2 Å². The van der Waals surface area contributed by atoms with Crippen LogP contribution in [-0.2, 0) is 14.3 Å². The third-order valence-corrected chi connectivity index (χ3v) is 1.57. The van der Waals surface area contributed by atoms with E-state index in [4.69, 9.17) is 10.2 Å². The van der Waals surface area contributed by atoms with E-state index in [0.29, 0.717) is 0 Å². The van der Waals surface area contributed by atoms with Crippen molar-refractivity contribution >= 4 is 12.4 Å². The van der Waals surface area contributed by atoms with Crippen molar-refractivity contribution in [1.29, 1.82) is 0 Å². The van der Waals surface area contributed by atoms with Crippen LogP contribution in [0.3, 0.4) is 0 Å². The average molecular weight is 191 g/mol. The standard InChI is InChI=1S/C7H13NO5/c1-7(2-9,3-10)6(12)13-5-8-4-11/h9-10H,2-3,5,8H2,1H3. The zero-order chi connectivity index (χ0) is 10.3. The number of aliphatic hydroxyl groups is 2. The number of ether oxygens (including phenoxy) is 1. The van der Waals surface area contributed by atoms with Gasteiger partial charge in [0.15, 0.2) is 0 Å². The number of primary amides is 1. The van der Waals surface area contributed by atoms with Crippen molar-refractivity contribution in [3.8, 4) is 0 Å². The van der Waals surface area contributed by atoms with Crippen molar-refractivity contribution in [3.05, 3.63) is 0 Å². The van der Waals surface area contributed by atoms with Crippen molar-refractivity contribution < 1.29 is 29.9 Å². The fraction of sp³-hybridized carbons (Fsp3) is 0.714. The number of amides is 1. The molecule has 0 saturated carbocycles. The van der Waals surface area contributed by atoms with Crippen LogP contribution in [0.5, 0.6) is 0 Å². The molecule has 0 aliphatic carbocycles. The summed E-state index contributed by atoms with van der Waals surface area (Å²) in [5.74, 6) is -0.746. The monoisotopic (exact) mass is 191 g/mol. The van der Waals surface area contributed by atoms with Gasteiger partial charge < -0.3 is 25.1 Å². The number of quaternary nitrogens is 1. The predicted octanol–water partition coefficient (Wildman–Crippen LogP) is -2.89. The molecule has 0 aliphatic rings. The molecule has 0 fully saturated rings. The Balaban J connectivity index is 3.99. The highest BCUT2D eigenvalue weighted by molar-refractivity contribution is 5.76. The summed E-state index contributed by atoms with van der Waals surface area (Å²) < 4.78 is 4.55. The van der Waals surface area contributed by atoms with Crippen LogP contribution >= 0.6 is 0 Å². The molecule has 6 nitrogen and oxygen atoms in total. The first-order valence-electron chi connectivity index (χ1n) is 3.69. The Bertz CT molecular complexity index is 178. The minimum absolute atomic E-state index is 0.197. The van der Waals surface area contributed by atoms with Crippen LogP contribution in [0.4, 0.5) is 0 Å². The first-order valence-corrected chi connectivity index (χ1v) is 3.69. The molecule has 0 heterocycles. The van der Waals surface area contributed by atoms with Gasteiger partial charge in [-0.3, -0.25) is 4.79 Å². The van der Waals surface area contributed by atoms with Crippen LogP contribution in [0, 0.1) is 5.41 Å². The van der Waals surface area contributed by atoms with Crippen LogP contribution in [-0.4, -0.2) is 42.5 Å². The smallest absolute Gasteiger partial charge is 0.320 e. The lowest BCUT2D eigenvalue weighted by Gasteiger charge is -2.21. The second-order valence-electron chi connectivity index (χ2n) is 2.80. The number of aliphatic hydroxyl groups excluding tert-OH is 2. The topological polar surface area (TPSA) is 100 Å². The molecule has 0 bridgehead atoms. The zero-order valence-corrected chi connectivity index (χ0v) is 7.32. The molecular weight excluding hydrogens is 178 g/mol. The fourth-order valence-corrected chi connectivity index (χ4v) is 0.505. The average Bonchev–Trinajstić information content (AvgIpc) is 2.17. The van der Waals surface area contributed by atoms with Crippen molar-refractivity contribution in [2.45, 2.75) is 6.92 Å². The van der Waals surface area contributed by atoms with Crippen molar-refractivity contribution in [1.82, 2.24) is 0 Å². The summed E-state index contributed by atoms with van der Waals surface area (Å²) in [5.41, 5.74) is -1.31. The third-order valence-electron chi connectivity index (χ3n) is 1.57. The minimum Gasteiger partial charge on any atom is -0.475 e. The summed E-state index contributed by atoms with van der Waals surface area (Å²) in [6.07, 6.45) is 1.43. The number of esters is 1. The van der Waals surface area contributed by atoms with E-state index in [1.54, 1.807) is 0 Å². The molecule has 0 radical (unpaired) electrons. The summed E-state index contributed by atoms with van der Waals surface area (Å²) >= 11 is 0. The summed E-state index contributed by atoms with van der Waals surface area (Å²) in [5, 5.41) is 18.5. The second kappa shape index (κ2) is 5.63. The summed E-state index contributed by atoms with van der Waals surface area (Å²) in [6, 6.07) is 0. The first kappa shape index (κ1) is 12.0. The van der Waals surface area contributed by atoms with Crippen LogP contribution in [0.1, 0.15) is 6.92 Å². The predicted molar refractivity (Wildman–Crippen MR) is 40.9 cm³/mol. The van der Waals surface area contributed by atoms with Crippen molar-refractivity contribution in [2.75, 3.05) is 19.9 Å². The molecule has 6 heteroatoms. The molecule has 76 valence electrons. The molecule has 13 heavy (non-hydrogen) atoms. The Morgan fingerprint density at radius 1 is 1.54 bits per heavy atom. The molecule has 0 aliphatic heterocycles. The molecule has 1 amide bonds. The highest BCUT2D eigenvalue weighted by Crippen LogP contribution is 2.15. The summed E-state index contributed by atoms with van der Waals surface area (Å²) in [7, 11) is 0. The number of hydrogen-bond acceptors (Lipinski definition) is 5. The van der Waals surface area contributed by atoms with Crippen molar-refractivity contribution in [2.24, 2.45) is 5.41 Å². The van der Waals surface area contributed by atoms with E-state index >= 15 is 0 Å². The molecule has 0 unspecified atom stereocenters. The van der Waals surface area contributed by atoms with Gasteiger partial charge in [-0.1, -0.05) is 0 Å². The molecule has 0 aromatic heterocycles. The molecule has 4 N–H and O–H groups in total. The quantitative estimate of drug-likeness (QED) is 0.181. The normalized spacial score (nSPS) is 11.0. The Kier molecular flexibility index (Phi) is 5.20. The SMILES string of the molecule is CC(CO)(CO)C(=O)OC[NH2+][C-]=O. The van der Waals surface area contributed by atoms with E-state index in [1.165, 1.54) is 13.3 Å². The number of carbonyl (C=O) groups is 1. The first-order chi connectivity index (χ1) is 6.10. The van der Waals surface area contributed by atoms with Gasteiger partial charge in [-0.05, 0) is 13.3 Å². The maximum atomic E-state index is 11.1. The van der Waals surface area contributed by atoms with Gasteiger partial charge in [-0.2, -0.15) is 0 Å². The van der Waals surface area contributed by atoms with Gasteiger partial charge in [0.2, 0.25) is 6.73 Å². The van der Waals surface area contributed by atoms with Gasteiger partial charge in [-0.25, -0.2) is 0 Å². The zero-order valence-electron chi connectivity index (χ0n) is 7.32. The summed E-state index contributed by atoms with van der Waals surface area (Å²) in [6.45, 7) is 0.151. The van der Waals surface area contributed by atoms with Crippen molar-refractivity contribution in [3.63, 3.8) is 0 Å². The Morgan fingerprint density at radius 2 is 2.08 bits per heavy atom. The summed E-state index contributed by atoms with van der Waals surface area (Å²) in [4.78, 5) is 20.8. The van der Waals surface area contributed by atoms with E-state index in [-0.39, 0.29) is 6.73 Å². The molecule has 0 saturated heterocycles.